The summed E-state index contributed by atoms with van der Waals surface area (Å²) in [5.41, 5.74) is 1.69. The fraction of sp³-hybridized carbons (Fsp3) is 0.0909. The summed E-state index contributed by atoms with van der Waals surface area (Å²) in [4.78, 5) is 0. The molecule has 0 aliphatic carbocycles. The van der Waals surface area contributed by atoms with E-state index in [0.717, 1.165) is 27.7 Å². The van der Waals surface area contributed by atoms with Crippen molar-refractivity contribution in [3.8, 4) is 0 Å². The van der Waals surface area contributed by atoms with Gasteiger partial charge in [0, 0.05) is 10.8 Å². The molecule has 64 valence electrons. The van der Waals surface area contributed by atoms with Crippen molar-refractivity contribution in [1.29, 1.82) is 0 Å². The van der Waals surface area contributed by atoms with Crippen molar-refractivity contribution in [3.05, 3.63) is 36.3 Å². The number of rotatable bonds is 0. The zero-order valence-corrected chi connectivity index (χ0v) is 7.20. The molecule has 0 spiro atoms. The third-order valence-electron chi connectivity index (χ3n) is 2.23. The molecule has 0 radical (unpaired) electrons. The first-order valence-corrected chi connectivity index (χ1v) is 4.21. The molecule has 0 saturated carbocycles. The van der Waals surface area contributed by atoms with Gasteiger partial charge < -0.3 is 8.83 Å². The second-order valence-electron chi connectivity index (χ2n) is 3.18. The van der Waals surface area contributed by atoms with Crippen LogP contribution in [0, 0.1) is 6.92 Å². The molecule has 0 saturated heterocycles. The van der Waals surface area contributed by atoms with Crippen LogP contribution in [0.25, 0.3) is 21.9 Å². The molecule has 2 heterocycles. The van der Waals surface area contributed by atoms with Gasteiger partial charge in [0.15, 0.2) is 11.2 Å². The van der Waals surface area contributed by atoms with E-state index in [1.54, 1.807) is 6.26 Å². The molecule has 0 atom stereocenters. The summed E-state index contributed by atoms with van der Waals surface area (Å²) >= 11 is 0. The van der Waals surface area contributed by atoms with Gasteiger partial charge >= 0.3 is 0 Å². The van der Waals surface area contributed by atoms with Gasteiger partial charge in [-0.15, -0.1) is 0 Å². The fourth-order valence-electron chi connectivity index (χ4n) is 1.65. The molecule has 0 aliphatic heterocycles. The predicted octanol–water partition coefficient (Wildman–Crippen LogP) is 3.49. The summed E-state index contributed by atoms with van der Waals surface area (Å²) in [5, 5.41) is 2.18. The number of aryl methyl sites for hydroxylation is 1. The van der Waals surface area contributed by atoms with Crippen LogP contribution in [-0.2, 0) is 0 Å². The van der Waals surface area contributed by atoms with Crippen LogP contribution in [0.1, 0.15) is 5.76 Å². The molecule has 1 aromatic carbocycles. The lowest BCUT2D eigenvalue weighted by molar-refractivity contribution is 0.561. The SMILES string of the molecule is Cc1cc2ccc3ccoc3c2o1. The maximum Gasteiger partial charge on any atom is 0.177 e. The van der Waals surface area contributed by atoms with Gasteiger partial charge in [0.2, 0.25) is 0 Å². The first kappa shape index (κ1) is 6.78. The zero-order valence-electron chi connectivity index (χ0n) is 7.20. The highest BCUT2D eigenvalue weighted by atomic mass is 16.4. The Morgan fingerprint density at radius 3 is 2.77 bits per heavy atom. The molecular weight excluding hydrogens is 164 g/mol. The van der Waals surface area contributed by atoms with E-state index in [-0.39, 0.29) is 0 Å². The lowest BCUT2D eigenvalue weighted by Gasteiger charge is -1.88. The van der Waals surface area contributed by atoms with Gasteiger partial charge in [0.1, 0.15) is 5.76 Å². The molecule has 0 bridgehead atoms. The second kappa shape index (κ2) is 2.16. The molecule has 0 unspecified atom stereocenters. The quantitative estimate of drug-likeness (QED) is 0.518. The molecule has 0 fully saturated rings. The smallest absolute Gasteiger partial charge is 0.177 e. The Hall–Kier alpha value is -1.70. The third kappa shape index (κ3) is 0.827. The van der Waals surface area contributed by atoms with Gasteiger partial charge in [0.25, 0.3) is 0 Å². The Morgan fingerprint density at radius 2 is 1.85 bits per heavy atom. The van der Waals surface area contributed by atoms with Crippen molar-refractivity contribution in [1.82, 2.24) is 0 Å². The van der Waals surface area contributed by atoms with E-state index in [1.807, 2.05) is 31.2 Å². The lowest BCUT2D eigenvalue weighted by Crippen LogP contribution is -1.64. The van der Waals surface area contributed by atoms with Crippen molar-refractivity contribution < 1.29 is 8.83 Å². The minimum atomic E-state index is 0.839. The first-order valence-electron chi connectivity index (χ1n) is 4.21. The van der Waals surface area contributed by atoms with Gasteiger partial charge in [-0.05, 0) is 19.1 Å². The molecule has 2 aromatic heterocycles. The van der Waals surface area contributed by atoms with Crippen LogP contribution in [-0.4, -0.2) is 0 Å². The molecule has 2 heteroatoms. The van der Waals surface area contributed by atoms with E-state index in [1.165, 1.54) is 0 Å². The van der Waals surface area contributed by atoms with E-state index in [4.69, 9.17) is 8.83 Å². The lowest BCUT2D eigenvalue weighted by atomic mass is 10.2. The van der Waals surface area contributed by atoms with E-state index >= 15 is 0 Å². The van der Waals surface area contributed by atoms with Gasteiger partial charge in [-0.1, -0.05) is 12.1 Å². The van der Waals surface area contributed by atoms with E-state index in [0.29, 0.717) is 0 Å². The maximum absolute atomic E-state index is 5.55. The highest BCUT2D eigenvalue weighted by molar-refractivity contribution is 6.00. The van der Waals surface area contributed by atoms with Gasteiger partial charge in [-0.3, -0.25) is 0 Å². The van der Waals surface area contributed by atoms with Crippen LogP contribution in [0.4, 0.5) is 0 Å². The van der Waals surface area contributed by atoms with Crippen molar-refractivity contribution in [2.75, 3.05) is 0 Å². The van der Waals surface area contributed by atoms with Crippen LogP contribution in [0.5, 0.6) is 0 Å². The summed E-state index contributed by atoms with van der Waals surface area (Å²) < 4.78 is 10.9. The third-order valence-corrected chi connectivity index (χ3v) is 2.23. The fourth-order valence-corrected chi connectivity index (χ4v) is 1.65. The number of hydrogen-bond acceptors (Lipinski definition) is 2. The number of benzene rings is 1. The minimum absolute atomic E-state index is 0.839. The minimum Gasteiger partial charge on any atom is -0.460 e. The zero-order chi connectivity index (χ0) is 8.84. The average molecular weight is 172 g/mol. The molecule has 0 amide bonds. The van der Waals surface area contributed by atoms with Gasteiger partial charge in [0.05, 0.1) is 6.26 Å². The molecule has 0 aliphatic rings. The van der Waals surface area contributed by atoms with Crippen molar-refractivity contribution in [2.24, 2.45) is 0 Å². The molecule has 13 heavy (non-hydrogen) atoms. The summed E-state index contributed by atoms with van der Waals surface area (Å²) in [5.74, 6) is 0.916. The molecule has 3 aromatic rings. The Balaban J connectivity index is 2.64. The summed E-state index contributed by atoms with van der Waals surface area (Å²) in [7, 11) is 0. The average Bonchev–Trinajstić information content (AvgIpc) is 2.65. The largest absolute Gasteiger partial charge is 0.460 e. The summed E-state index contributed by atoms with van der Waals surface area (Å²) in [6.07, 6.45) is 1.68. The van der Waals surface area contributed by atoms with Crippen LogP contribution in [0.2, 0.25) is 0 Å². The molecule has 3 rings (SSSR count). The molecule has 0 N–H and O–H groups in total. The van der Waals surface area contributed by atoms with Crippen molar-refractivity contribution >= 4 is 21.9 Å². The maximum atomic E-state index is 5.55. The van der Waals surface area contributed by atoms with Gasteiger partial charge in [-0.2, -0.15) is 0 Å². The molecular formula is C11H8O2. The highest BCUT2D eigenvalue weighted by Gasteiger charge is 2.06. The van der Waals surface area contributed by atoms with Crippen LogP contribution < -0.4 is 0 Å². The summed E-state index contributed by atoms with van der Waals surface area (Å²) in [6, 6.07) is 8.03. The van der Waals surface area contributed by atoms with E-state index in [2.05, 4.69) is 0 Å². The Labute approximate surface area is 74.7 Å². The second-order valence-corrected chi connectivity index (χ2v) is 3.18. The van der Waals surface area contributed by atoms with Crippen LogP contribution in [0.15, 0.2) is 39.4 Å². The predicted molar refractivity (Wildman–Crippen MR) is 50.7 cm³/mol. The van der Waals surface area contributed by atoms with Crippen LogP contribution >= 0.6 is 0 Å². The van der Waals surface area contributed by atoms with Crippen LogP contribution in [0.3, 0.4) is 0 Å². The van der Waals surface area contributed by atoms with Gasteiger partial charge in [-0.25, -0.2) is 0 Å². The van der Waals surface area contributed by atoms with E-state index in [9.17, 15) is 0 Å². The number of fused-ring (bicyclic) bond motifs is 3. The van der Waals surface area contributed by atoms with Crippen molar-refractivity contribution in [2.45, 2.75) is 6.92 Å². The topological polar surface area (TPSA) is 26.3 Å². The van der Waals surface area contributed by atoms with E-state index < -0.39 is 0 Å². The highest BCUT2D eigenvalue weighted by Crippen LogP contribution is 2.28. The molecule has 2 nitrogen and oxygen atoms in total. The first-order chi connectivity index (χ1) is 6.34. The Morgan fingerprint density at radius 1 is 1.00 bits per heavy atom. The number of hydrogen-bond donors (Lipinski definition) is 0. The summed E-state index contributed by atoms with van der Waals surface area (Å²) in [6.45, 7) is 1.94. The number of furan rings is 2. The Bertz CT molecular complexity index is 572. The normalized spacial score (nSPS) is 11.5. The monoisotopic (exact) mass is 172 g/mol. The Kier molecular flexibility index (Phi) is 1.13. The standard InChI is InChI=1S/C11H8O2/c1-7-6-9-3-2-8-4-5-12-10(8)11(9)13-7/h2-6H,1H3. The van der Waals surface area contributed by atoms with Crippen molar-refractivity contribution in [3.63, 3.8) is 0 Å².